The predicted molar refractivity (Wildman–Crippen MR) is 52.9 cm³/mol. The van der Waals surface area contributed by atoms with Crippen molar-refractivity contribution in [1.82, 2.24) is 10.2 Å². The zero-order valence-electron chi connectivity index (χ0n) is 8.51. The topological polar surface area (TPSA) is 69.6 Å². The molecule has 2 rings (SSSR count). The van der Waals surface area contributed by atoms with Crippen LogP contribution in [0.25, 0.3) is 0 Å². The highest BCUT2D eigenvalue weighted by atomic mass is 16.3. The van der Waals surface area contributed by atoms with Gasteiger partial charge in [-0.1, -0.05) is 6.08 Å². The number of carbonyl (C=O) groups is 2. The van der Waals surface area contributed by atoms with Gasteiger partial charge < -0.3 is 10.4 Å². The molecule has 0 unspecified atom stereocenters. The summed E-state index contributed by atoms with van der Waals surface area (Å²) in [6.45, 7) is 2.21. The molecule has 2 N–H and O–H groups in total. The Morgan fingerprint density at radius 3 is 2.87 bits per heavy atom. The van der Waals surface area contributed by atoms with Gasteiger partial charge in [0.25, 0.3) is 5.91 Å². The van der Waals surface area contributed by atoms with Crippen LogP contribution in [0.15, 0.2) is 12.2 Å². The average Bonchev–Trinajstić information content (AvgIpc) is 2.73. The molecule has 0 aromatic rings. The fourth-order valence-corrected chi connectivity index (χ4v) is 1.97. The number of amides is 2. The normalized spacial score (nSPS) is 35.2. The van der Waals surface area contributed by atoms with Gasteiger partial charge in [0.2, 0.25) is 5.91 Å². The van der Waals surface area contributed by atoms with Crippen molar-refractivity contribution >= 4 is 11.8 Å². The van der Waals surface area contributed by atoms with Crippen LogP contribution >= 0.6 is 0 Å². The van der Waals surface area contributed by atoms with E-state index in [1.54, 1.807) is 13.0 Å². The van der Waals surface area contributed by atoms with Crippen molar-refractivity contribution in [3.05, 3.63) is 12.2 Å². The summed E-state index contributed by atoms with van der Waals surface area (Å²) >= 11 is 0. The smallest absolute Gasteiger partial charge is 0.253 e. The number of nitrogens with zero attached hydrogens (tertiary/aromatic N) is 1. The zero-order valence-corrected chi connectivity index (χ0v) is 8.51. The highest BCUT2D eigenvalue weighted by Gasteiger charge is 2.36. The average molecular weight is 210 g/mol. The van der Waals surface area contributed by atoms with Crippen LogP contribution in [0, 0.1) is 0 Å². The molecular formula is C10H14N2O3. The number of aliphatic hydroxyl groups is 1. The van der Waals surface area contributed by atoms with Crippen molar-refractivity contribution in [2.75, 3.05) is 6.54 Å². The Bertz CT molecular complexity index is 327. The molecule has 1 saturated heterocycles. The third kappa shape index (κ3) is 1.80. The van der Waals surface area contributed by atoms with Crippen LogP contribution in [-0.2, 0) is 9.59 Å². The molecule has 0 saturated carbocycles. The van der Waals surface area contributed by atoms with E-state index < -0.39 is 12.1 Å². The predicted octanol–water partition coefficient (Wildman–Crippen LogP) is -0.977. The lowest BCUT2D eigenvalue weighted by Crippen LogP contribution is -2.47. The third-order valence-corrected chi connectivity index (χ3v) is 2.81. The van der Waals surface area contributed by atoms with E-state index in [9.17, 15) is 14.7 Å². The van der Waals surface area contributed by atoms with Crippen molar-refractivity contribution in [2.45, 2.75) is 31.5 Å². The summed E-state index contributed by atoms with van der Waals surface area (Å²) in [5.74, 6) is -0.510. The van der Waals surface area contributed by atoms with E-state index in [1.165, 1.54) is 11.0 Å². The molecule has 2 heterocycles. The minimum atomic E-state index is -0.486. The second-order valence-electron chi connectivity index (χ2n) is 4.00. The Morgan fingerprint density at radius 2 is 2.40 bits per heavy atom. The van der Waals surface area contributed by atoms with Gasteiger partial charge in [0.05, 0.1) is 18.2 Å². The number of carbonyl (C=O) groups excluding carboxylic acids is 2. The largest absolute Gasteiger partial charge is 0.392 e. The van der Waals surface area contributed by atoms with E-state index in [1.807, 2.05) is 0 Å². The Labute approximate surface area is 87.7 Å². The Hall–Kier alpha value is -1.20. The quantitative estimate of drug-likeness (QED) is 0.546. The molecule has 5 heteroatoms. The molecule has 0 spiro atoms. The van der Waals surface area contributed by atoms with Crippen LogP contribution in [0.4, 0.5) is 0 Å². The number of β-amino-alcohol motifs (C(OH)–C–C–N with tert-alkyl or cyclic N) is 1. The molecule has 2 aliphatic heterocycles. The number of imide groups is 1. The molecule has 0 bridgehead atoms. The van der Waals surface area contributed by atoms with Crippen LogP contribution in [0.3, 0.4) is 0 Å². The minimum absolute atomic E-state index is 0.176. The van der Waals surface area contributed by atoms with Crippen molar-refractivity contribution in [3.8, 4) is 0 Å². The van der Waals surface area contributed by atoms with Crippen molar-refractivity contribution in [2.24, 2.45) is 0 Å². The first-order valence-corrected chi connectivity index (χ1v) is 5.06. The summed E-state index contributed by atoms with van der Waals surface area (Å²) in [7, 11) is 0. The fraction of sp³-hybridized carbons (Fsp3) is 0.600. The van der Waals surface area contributed by atoms with Gasteiger partial charge in [0, 0.05) is 12.6 Å². The molecule has 0 aromatic heterocycles. The molecule has 1 fully saturated rings. The first-order chi connectivity index (χ1) is 7.09. The fourth-order valence-electron chi connectivity index (χ4n) is 1.97. The lowest BCUT2D eigenvalue weighted by atomic mass is 10.1. The van der Waals surface area contributed by atoms with Crippen LogP contribution < -0.4 is 5.32 Å². The second kappa shape index (κ2) is 3.75. The SMILES string of the molecule is C[C@H]1C=CC(=O)N1C(=O)[C@@H]1C[C@H](O)CN1. The van der Waals surface area contributed by atoms with Crippen molar-refractivity contribution < 1.29 is 14.7 Å². The molecule has 3 atom stereocenters. The van der Waals surface area contributed by atoms with Gasteiger partial charge in [-0.15, -0.1) is 0 Å². The van der Waals surface area contributed by atoms with Crippen molar-refractivity contribution in [3.63, 3.8) is 0 Å². The summed E-state index contributed by atoms with van der Waals surface area (Å²) in [5, 5.41) is 12.2. The number of rotatable bonds is 1. The number of nitrogens with one attached hydrogen (secondary N) is 1. The van der Waals surface area contributed by atoms with E-state index in [2.05, 4.69) is 5.32 Å². The molecule has 5 nitrogen and oxygen atoms in total. The first kappa shape index (κ1) is 10.3. The van der Waals surface area contributed by atoms with Gasteiger partial charge in [0.1, 0.15) is 0 Å². The van der Waals surface area contributed by atoms with Crippen LogP contribution in [0.2, 0.25) is 0 Å². The van der Waals surface area contributed by atoms with Gasteiger partial charge in [-0.25, -0.2) is 0 Å². The molecule has 15 heavy (non-hydrogen) atoms. The molecule has 0 radical (unpaired) electrons. The first-order valence-electron chi connectivity index (χ1n) is 5.06. The molecule has 2 aliphatic rings. The summed E-state index contributed by atoms with van der Waals surface area (Å²) < 4.78 is 0. The highest BCUT2D eigenvalue weighted by Crippen LogP contribution is 2.16. The van der Waals surface area contributed by atoms with E-state index in [0.29, 0.717) is 13.0 Å². The number of aliphatic hydroxyl groups excluding tert-OH is 1. The van der Waals surface area contributed by atoms with Crippen LogP contribution in [0.5, 0.6) is 0 Å². The number of hydrogen-bond acceptors (Lipinski definition) is 4. The molecular weight excluding hydrogens is 196 g/mol. The summed E-state index contributed by atoms with van der Waals surface area (Å²) in [4.78, 5) is 24.5. The highest BCUT2D eigenvalue weighted by molar-refractivity contribution is 6.05. The summed E-state index contributed by atoms with van der Waals surface area (Å²) in [6.07, 6.45) is 3.01. The van der Waals surface area contributed by atoms with E-state index in [4.69, 9.17) is 0 Å². The third-order valence-electron chi connectivity index (χ3n) is 2.81. The minimum Gasteiger partial charge on any atom is -0.392 e. The molecule has 82 valence electrons. The number of hydrogen-bond donors (Lipinski definition) is 2. The van der Waals surface area contributed by atoms with Gasteiger partial charge >= 0.3 is 0 Å². The standard InChI is InChI=1S/C10H14N2O3/c1-6-2-3-9(14)12(6)10(15)8-4-7(13)5-11-8/h2-3,6-8,11,13H,4-5H2,1H3/t6-,7-,8-/m0/s1. The second-order valence-corrected chi connectivity index (χ2v) is 4.00. The maximum absolute atomic E-state index is 11.9. The molecule has 0 aliphatic carbocycles. The van der Waals surface area contributed by atoms with E-state index in [0.717, 1.165) is 0 Å². The summed E-state index contributed by atoms with van der Waals surface area (Å²) in [6, 6.07) is -0.601. The van der Waals surface area contributed by atoms with Gasteiger partial charge in [-0.2, -0.15) is 0 Å². The van der Waals surface area contributed by atoms with Crippen LogP contribution in [-0.4, -0.2) is 46.6 Å². The summed E-state index contributed by atoms with van der Waals surface area (Å²) in [5.41, 5.74) is 0. The molecule has 2 amide bonds. The zero-order chi connectivity index (χ0) is 11.0. The lowest BCUT2D eigenvalue weighted by molar-refractivity contribution is -0.143. The lowest BCUT2D eigenvalue weighted by Gasteiger charge is -2.22. The Kier molecular flexibility index (Phi) is 2.58. The maximum Gasteiger partial charge on any atom is 0.253 e. The maximum atomic E-state index is 11.9. The van der Waals surface area contributed by atoms with Crippen molar-refractivity contribution in [1.29, 1.82) is 0 Å². The monoisotopic (exact) mass is 210 g/mol. The Balaban J connectivity index is 2.05. The van der Waals surface area contributed by atoms with Gasteiger partial charge in [0.15, 0.2) is 0 Å². The van der Waals surface area contributed by atoms with E-state index in [-0.39, 0.29) is 17.9 Å². The Morgan fingerprint density at radius 1 is 1.67 bits per heavy atom. The van der Waals surface area contributed by atoms with Gasteiger partial charge in [-0.3, -0.25) is 14.5 Å². The van der Waals surface area contributed by atoms with E-state index >= 15 is 0 Å². The van der Waals surface area contributed by atoms with Crippen LogP contribution in [0.1, 0.15) is 13.3 Å². The van der Waals surface area contributed by atoms with Gasteiger partial charge in [-0.05, 0) is 13.3 Å². The molecule has 0 aromatic carbocycles.